The van der Waals surface area contributed by atoms with Crippen molar-refractivity contribution in [3.63, 3.8) is 0 Å². The summed E-state index contributed by atoms with van der Waals surface area (Å²) >= 11 is 0. The Labute approximate surface area is 63.2 Å². The Kier molecular flexibility index (Phi) is 1.03. The number of nitrogens with two attached hydrogens (primary N) is 2. The summed E-state index contributed by atoms with van der Waals surface area (Å²) < 4.78 is 4.84. The number of aromatic nitrogens is 1. The van der Waals surface area contributed by atoms with Crippen molar-refractivity contribution in [2.24, 2.45) is 0 Å². The molecule has 0 radical (unpaired) electrons. The molecule has 0 atom stereocenters. The molecule has 56 valence electrons. The number of fused-ring (bicyclic) bond motifs is 1. The molecule has 4 nitrogen and oxygen atoms in total. The highest BCUT2D eigenvalue weighted by atomic mass is 16.3. The second-order valence-electron chi connectivity index (χ2n) is 2.31. The van der Waals surface area contributed by atoms with E-state index >= 15 is 0 Å². The lowest BCUT2D eigenvalue weighted by Crippen LogP contribution is -1.91. The van der Waals surface area contributed by atoms with E-state index in [1.54, 1.807) is 12.3 Å². The molecule has 4 N–H and O–H groups in total. The molecule has 0 amide bonds. The molecule has 0 spiro atoms. The molecule has 0 aromatic rings. The van der Waals surface area contributed by atoms with Gasteiger partial charge in [-0.1, -0.05) is 0 Å². The molecule has 0 bridgehead atoms. The van der Waals surface area contributed by atoms with E-state index in [-0.39, 0.29) is 0 Å². The third-order valence-corrected chi connectivity index (χ3v) is 1.59. The van der Waals surface area contributed by atoms with Gasteiger partial charge in [0.1, 0.15) is 12.0 Å². The van der Waals surface area contributed by atoms with Crippen molar-refractivity contribution < 1.29 is 4.42 Å². The molecule has 2 rings (SSSR count). The Bertz CT molecular complexity index is 351. The van der Waals surface area contributed by atoms with E-state index in [0.717, 1.165) is 5.56 Å². The van der Waals surface area contributed by atoms with Gasteiger partial charge in [-0.05, 0) is 6.07 Å². The molecule has 0 unspecified atom stereocenters. The summed E-state index contributed by atoms with van der Waals surface area (Å²) in [6.45, 7) is 0. The van der Waals surface area contributed by atoms with E-state index in [1.807, 2.05) is 0 Å². The second-order valence-corrected chi connectivity index (χ2v) is 2.31. The van der Waals surface area contributed by atoms with Crippen molar-refractivity contribution >= 4 is 11.4 Å². The smallest absolute Gasteiger partial charge is 0.180 e. The van der Waals surface area contributed by atoms with E-state index in [2.05, 4.69) is 4.98 Å². The predicted octanol–water partition coefficient (Wildman–Crippen LogP) is 0.944. The molecule has 0 saturated carbocycles. The molecule has 4 heteroatoms. The van der Waals surface area contributed by atoms with E-state index < -0.39 is 0 Å². The number of hydrogen-bond donors (Lipinski definition) is 2. The van der Waals surface area contributed by atoms with Gasteiger partial charge in [0, 0.05) is 5.56 Å². The van der Waals surface area contributed by atoms with Crippen LogP contribution >= 0.6 is 0 Å². The Morgan fingerprint density at radius 1 is 1.36 bits per heavy atom. The second kappa shape index (κ2) is 1.88. The van der Waals surface area contributed by atoms with Crippen LogP contribution in [-0.4, -0.2) is 4.98 Å². The van der Waals surface area contributed by atoms with Gasteiger partial charge in [-0.25, -0.2) is 4.98 Å². The third-order valence-electron chi connectivity index (χ3n) is 1.59. The van der Waals surface area contributed by atoms with Crippen LogP contribution in [0.4, 0.5) is 11.4 Å². The van der Waals surface area contributed by atoms with Crippen LogP contribution in [0.1, 0.15) is 0 Å². The SMILES string of the molecule is Nc1cc2cocnc-2c1N. The Morgan fingerprint density at radius 3 is 2.91 bits per heavy atom. The Hall–Kier alpha value is -1.71. The number of anilines is 2. The molecule has 11 heavy (non-hydrogen) atoms. The first-order valence-corrected chi connectivity index (χ1v) is 3.15. The van der Waals surface area contributed by atoms with Gasteiger partial charge in [0.15, 0.2) is 6.39 Å². The summed E-state index contributed by atoms with van der Waals surface area (Å²) in [7, 11) is 0. The van der Waals surface area contributed by atoms with Crippen LogP contribution < -0.4 is 11.5 Å². The molecule has 1 aliphatic heterocycles. The average molecular weight is 149 g/mol. The van der Waals surface area contributed by atoms with Crippen LogP contribution in [0.2, 0.25) is 0 Å². The number of rotatable bonds is 0. The van der Waals surface area contributed by atoms with Crippen LogP contribution in [0.15, 0.2) is 23.1 Å². The maximum Gasteiger partial charge on any atom is 0.180 e. The summed E-state index contributed by atoms with van der Waals surface area (Å²) in [6.07, 6.45) is 2.90. The van der Waals surface area contributed by atoms with E-state index in [9.17, 15) is 0 Å². The number of nitrogens with zero attached hydrogens (tertiary/aromatic N) is 1. The maximum atomic E-state index is 5.61. The summed E-state index contributed by atoms with van der Waals surface area (Å²) in [5.74, 6) is 0. The molecule has 0 fully saturated rings. The van der Waals surface area contributed by atoms with Crippen LogP contribution in [0.5, 0.6) is 0 Å². The highest BCUT2D eigenvalue weighted by molar-refractivity contribution is 5.87. The van der Waals surface area contributed by atoms with E-state index in [1.165, 1.54) is 6.39 Å². The first-order chi connectivity index (χ1) is 5.29. The zero-order valence-corrected chi connectivity index (χ0v) is 5.74. The third kappa shape index (κ3) is 0.724. The van der Waals surface area contributed by atoms with E-state index in [4.69, 9.17) is 15.9 Å². The normalized spacial score (nSPS) is 10.5. The first-order valence-electron chi connectivity index (χ1n) is 3.15. The van der Waals surface area contributed by atoms with Crippen LogP contribution in [-0.2, 0) is 0 Å². The Morgan fingerprint density at radius 2 is 2.18 bits per heavy atom. The van der Waals surface area contributed by atoms with Gasteiger partial charge < -0.3 is 15.9 Å². The fraction of sp³-hybridized carbons (Fsp3) is 0. The van der Waals surface area contributed by atoms with Gasteiger partial charge in [0.2, 0.25) is 0 Å². The molecular formula is C7H7N3O. The monoisotopic (exact) mass is 149 g/mol. The minimum Gasteiger partial charge on any atom is -0.453 e. The lowest BCUT2D eigenvalue weighted by atomic mass is 10.3. The van der Waals surface area contributed by atoms with Crippen LogP contribution in [0, 0.1) is 0 Å². The summed E-state index contributed by atoms with van der Waals surface area (Å²) in [5, 5.41) is 0. The minimum atomic E-state index is 0.524. The van der Waals surface area contributed by atoms with Crippen molar-refractivity contribution in [3.8, 4) is 11.3 Å². The summed E-state index contributed by atoms with van der Waals surface area (Å²) in [4.78, 5) is 3.93. The lowest BCUT2D eigenvalue weighted by molar-refractivity contribution is 0.530. The zero-order valence-electron chi connectivity index (χ0n) is 5.74. The van der Waals surface area contributed by atoms with Crippen molar-refractivity contribution in [2.45, 2.75) is 0 Å². The van der Waals surface area contributed by atoms with Crippen LogP contribution in [0.25, 0.3) is 11.3 Å². The van der Waals surface area contributed by atoms with Crippen LogP contribution in [0.3, 0.4) is 0 Å². The minimum absolute atomic E-state index is 0.524. The largest absolute Gasteiger partial charge is 0.453 e. The number of nitrogen functional groups attached to an aromatic ring is 2. The molecular weight excluding hydrogens is 142 g/mol. The summed E-state index contributed by atoms with van der Waals surface area (Å²) in [5.41, 5.74) is 13.8. The zero-order chi connectivity index (χ0) is 7.84. The predicted molar refractivity (Wildman–Crippen MR) is 41.9 cm³/mol. The van der Waals surface area contributed by atoms with Gasteiger partial charge in [-0.3, -0.25) is 0 Å². The summed E-state index contributed by atoms with van der Waals surface area (Å²) in [6, 6.07) is 1.74. The van der Waals surface area contributed by atoms with Crippen molar-refractivity contribution in [1.82, 2.24) is 4.98 Å². The fourth-order valence-corrected chi connectivity index (χ4v) is 1.03. The quantitative estimate of drug-likeness (QED) is 0.584. The first kappa shape index (κ1) is 6.03. The fourth-order valence-electron chi connectivity index (χ4n) is 1.03. The maximum absolute atomic E-state index is 5.61. The van der Waals surface area contributed by atoms with Crippen molar-refractivity contribution in [2.75, 3.05) is 11.5 Å². The molecule has 0 aromatic carbocycles. The van der Waals surface area contributed by atoms with Gasteiger partial charge in [0.05, 0.1) is 11.4 Å². The molecule has 1 aliphatic carbocycles. The molecule has 0 aromatic heterocycles. The van der Waals surface area contributed by atoms with Gasteiger partial charge in [-0.15, -0.1) is 0 Å². The van der Waals surface area contributed by atoms with Gasteiger partial charge >= 0.3 is 0 Å². The highest BCUT2D eigenvalue weighted by Crippen LogP contribution is 2.33. The average Bonchev–Trinajstić information content (AvgIpc) is 2.30. The highest BCUT2D eigenvalue weighted by Gasteiger charge is 2.12. The van der Waals surface area contributed by atoms with Gasteiger partial charge in [-0.2, -0.15) is 0 Å². The number of hydrogen-bond acceptors (Lipinski definition) is 4. The standard InChI is InChI=1S/C7H7N3O/c8-5-1-4-2-11-3-10-7(4)6(5)9/h1-3H,8-9H2. The lowest BCUT2D eigenvalue weighted by Gasteiger charge is -1.94. The Balaban J connectivity index is 2.81. The topological polar surface area (TPSA) is 78.1 Å². The van der Waals surface area contributed by atoms with E-state index in [0.29, 0.717) is 17.1 Å². The molecule has 1 heterocycles. The molecule has 2 aliphatic rings. The van der Waals surface area contributed by atoms with Gasteiger partial charge in [0.25, 0.3) is 0 Å². The van der Waals surface area contributed by atoms with Crippen molar-refractivity contribution in [3.05, 3.63) is 18.7 Å². The molecule has 0 saturated heterocycles. The van der Waals surface area contributed by atoms with Crippen molar-refractivity contribution in [1.29, 1.82) is 0 Å².